The van der Waals surface area contributed by atoms with E-state index < -0.39 is 34.1 Å². The third kappa shape index (κ3) is 7.58. The highest BCUT2D eigenvalue weighted by molar-refractivity contribution is 7.92. The Balaban J connectivity index is 2.43. The molecule has 0 spiro atoms. The van der Waals surface area contributed by atoms with Crippen LogP contribution in [0.4, 0.5) is 5.69 Å². The number of anilines is 1. The van der Waals surface area contributed by atoms with Gasteiger partial charge in [0, 0.05) is 12.1 Å². The second-order valence-electron chi connectivity index (χ2n) is 9.98. The van der Waals surface area contributed by atoms with Crippen LogP contribution in [0.1, 0.15) is 49.9 Å². The normalized spacial score (nSPS) is 12.7. The van der Waals surface area contributed by atoms with Gasteiger partial charge in [-0.3, -0.25) is 13.9 Å². The summed E-state index contributed by atoms with van der Waals surface area (Å²) in [7, 11) is -3.75. The molecule has 2 aromatic carbocycles. The number of rotatable bonds is 8. The van der Waals surface area contributed by atoms with Gasteiger partial charge in [0.15, 0.2) is 0 Å². The van der Waals surface area contributed by atoms with Crippen molar-refractivity contribution < 1.29 is 18.0 Å². The summed E-state index contributed by atoms with van der Waals surface area (Å²) >= 11 is 0. The molecule has 186 valence electrons. The quantitative estimate of drug-likeness (QED) is 0.615. The van der Waals surface area contributed by atoms with Crippen molar-refractivity contribution in [3.63, 3.8) is 0 Å². The smallest absolute Gasteiger partial charge is 0.244 e. The lowest BCUT2D eigenvalue weighted by Gasteiger charge is -2.33. The van der Waals surface area contributed by atoms with E-state index in [1.54, 1.807) is 13.0 Å². The second kappa shape index (κ2) is 10.6. The minimum Gasteiger partial charge on any atom is -0.350 e. The summed E-state index contributed by atoms with van der Waals surface area (Å²) in [5.74, 6) is -0.757. The zero-order valence-corrected chi connectivity index (χ0v) is 22.3. The summed E-state index contributed by atoms with van der Waals surface area (Å²) in [6.45, 7) is 12.8. The number of carbonyl (C=O) groups is 2. The van der Waals surface area contributed by atoms with E-state index in [2.05, 4.69) is 5.32 Å². The van der Waals surface area contributed by atoms with Crippen LogP contribution in [0.25, 0.3) is 0 Å². The van der Waals surface area contributed by atoms with Gasteiger partial charge in [-0.15, -0.1) is 0 Å². The van der Waals surface area contributed by atoms with Crippen LogP contribution in [0.5, 0.6) is 0 Å². The molecule has 0 saturated carbocycles. The number of carbonyl (C=O) groups excluding carboxylic acids is 2. The molecule has 0 aliphatic carbocycles. The molecule has 0 bridgehead atoms. The largest absolute Gasteiger partial charge is 0.350 e. The lowest BCUT2D eigenvalue weighted by atomic mass is 10.1. The van der Waals surface area contributed by atoms with Gasteiger partial charge in [-0.25, -0.2) is 8.42 Å². The van der Waals surface area contributed by atoms with E-state index in [1.165, 1.54) is 4.90 Å². The van der Waals surface area contributed by atoms with E-state index in [0.717, 1.165) is 32.8 Å². The lowest BCUT2D eigenvalue weighted by Crippen LogP contribution is -2.54. The number of hydrogen-bond donors (Lipinski definition) is 1. The summed E-state index contributed by atoms with van der Waals surface area (Å²) in [5.41, 5.74) is 3.66. The Labute approximate surface area is 204 Å². The van der Waals surface area contributed by atoms with Crippen LogP contribution in [0.2, 0.25) is 0 Å². The Bertz CT molecular complexity index is 1140. The molecule has 0 fully saturated rings. The Morgan fingerprint density at radius 1 is 0.971 bits per heavy atom. The van der Waals surface area contributed by atoms with Crippen molar-refractivity contribution in [3.8, 4) is 0 Å². The molecular formula is C26H37N3O4S. The maximum atomic E-state index is 13.6. The van der Waals surface area contributed by atoms with Gasteiger partial charge in [0.25, 0.3) is 0 Å². The number of nitrogens with zero attached hydrogens (tertiary/aromatic N) is 2. The van der Waals surface area contributed by atoms with Gasteiger partial charge in [0.2, 0.25) is 21.8 Å². The third-order valence-corrected chi connectivity index (χ3v) is 6.57. The van der Waals surface area contributed by atoms with E-state index in [9.17, 15) is 18.0 Å². The first-order chi connectivity index (χ1) is 15.6. The fourth-order valence-corrected chi connectivity index (χ4v) is 4.53. The van der Waals surface area contributed by atoms with E-state index >= 15 is 0 Å². The molecule has 0 aliphatic rings. The van der Waals surface area contributed by atoms with Crippen LogP contribution < -0.4 is 9.62 Å². The Kier molecular flexibility index (Phi) is 8.53. The number of benzene rings is 2. The molecule has 0 heterocycles. The van der Waals surface area contributed by atoms with Gasteiger partial charge >= 0.3 is 0 Å². The molecule has 0 radical (unpaired) electrons. The lowest BCUT2D eigenvalue weighted by molar-refractivity contribution is -0.140. The van der Waals surface area contributed by atoms with E-state index in [1.807, 2.05) is 77.9 Å². The average Bonchev–Trinajstić information content (AvgIpc) is 2.69. The number of hydrogen-bond acceptors (Lipinski definition) is 4. The highest BCUT2D eigenvalue weighted by Crippen LogP contribution is 2.24. The summed E-state index contributed by atoms with van der Waals surface area (Å²) < 4.78 is 26.5. The summed E-state index contributed by atoms with van der Waals surface area (Å²) in [4.78, 5) is 28.0. The monoisotopic (exact) mass is 487 g/mol. The fraction of sp³-hybridized carbons (Fsp3) is 0.462. The van der Waals surface area contributed by atoms with Crippen molar-refractivity contribution in [3.05, 3.63) is 64.7 Å². The van der Waals surface area contributed by atoms with Gasteiger partial charge in [-0.05, 0) is 65.7 Å². The first kappa shape index (κ1) is 27.4. The minimum atomic E-state index is -3.75. The number of aryl methyl sites for hydroxylation is 3. The van der Waals surface area contributed by atoms with Crippen molar-refractivity contribution >= 4 is 27.5 Å². The maximum absolute atomic E-state index is 13.6. The Hall–Kier alpha value is -2.87. The molecule has 2 amide bonds. The first-order valence-corrected chi connectivity index (χ1v) is 13.2. The van der Waals surface area contributed by atoms with Gasteiger partial charge in [0.1, 0.15) is 12.6 Å². The molecule has 1 atom stereocenters. The fourth-order valence-electron chi connectivity index (χ4n) is 3.63. The highest BCUT2D eigenvalue weighted by Gasteiger charge is 2.31. The van der Waals surface area contributed by atoms with Crippen molar-refractivity contribution in [2.45, 2.75) is 66.6 Å². The predicted molar refractivity (Wildman–Crippen MR) is 137 cm³/mol. The summed E-state index contributed by atoms with van der Waals surface area (Å²) in [6, 6.07) is 12.3. The van der Waals surface area contributed by atoms with E-state index in [0.29, 0.717) is 5.69 Å². The zero-order chi connectivity index (χ0) is 25.8. The van der Waals surface area contributed by atoms with Crippen molar-refractivity contribution in [2.75, 3.05) is 17.1 Å². The Morgan fingerprint density at radius 3 is 2.03 bits per heavy atom. The van der Waals surface area contributed by atoms with E-state index in [4.69, 9.17) is 0 Å². The first-order valence-electron chi connectivity index (χ1n) is 11.3. The molecule has 8 heteroatoms. The van der Waals surface area contributed by atoms with Crippen molar-refractivity contribution in [1.29, 1.82) is 0 Å². The molecule has 7 nitrogen and oxygen atoms in total. The molecular weight excluding hydrogens is 450 g/mol. The van der Waals surface area contributed by atoms with Gasteiger partial charge in [-0.1, -0.05) is 47.5 Å². The van der Waals surface area contributed by atoms with Crippen LogP contribution in [0.15, 0.2) is 42.5 Å². The number of amides is 2. The molecule has 0 aliphatic heterocycles. The van der Waals surface area contributed by atoms with Crippen molar-refractivity contribution in [1.82, 2.24) is 10.2 Å². The van der Waals surface area contributed by atoms with Crippen molar-refractivity contribution in [2.24, 2.45) is 0 Å². The average molecular weight is 488 g/mol. The standard InChI is InChI=1S/C26H37N3O4S/c1-18-9-12-22(13-10-18)16-28(21(4)25(31)27-26(5,6)7)24(30)17-29(34(8,32)33)23-14-11-19(2)15-20(23)3/h9-15,21H,16-17H2,1-8H3,(H,27,31)/t21-/m1/s1. The molecule has 1 N–H and O–H groups in total. The molecule has 2 rings (SSSR count). The molecule has 0 unspecified atom stereocenters. The van der Waals surface area contributed by atoms with Gasteiger partial charge in [0.05, 0.1) is 11.9 Å². The maximum Gasteiger partial charge on any atom is 0.244 e. The molecule has 2 aromatic rings. The third-order valence-electron chi connectivity index (χ3n) is 5.44. The van der Waals surface area contributed by atoms with Crippen LogP contribution in [-0.4, -0.2) is 49.5 Å². The zero-order valence-electron chi connectivity index (χ0n) is 21.5. The van der Waals surface area contributed by atoms with Gasteiger partial charge < -0.3 is 10.2 Å². The number of nitrogens with one attached hydrogen (secondary N) is 1. The summed E-state index contributed by atoms with van der Waals surface area (Å²) in [6.07, 6.45) is 1.08. The minimum absolute atomic E-state index is 0.183. The molecule has 34 heavy (non-hydrogen) atoms. The number of sulfonamides is 1. The molecule has 0 saturated heterocycles. The second-order valence-corrected chi connectivity index (χ2v) is 11.9. The Morgan fingerprint density at radius 2 is 1.53 bits per heavy atom. The molecule has 0 aromatic heterocycles. The summed E-state index contributed by atoms with van der Waals surface area (Å²) in [5, 5.41) is 2.92. The van der Waals surface area contributed by atoms with Crippen LogP contribution >= 0.6 is 0 Å². The van der Waals surface area contributed by atoms with Gasteiger partial charge in [-0.2, -0.15) is 0 Å². The van der Waals surface area contributed by atoms with E-state index in [-0.39, 0.29) is 12.5 Å². The van der Waals surface area contributed by atoms with Crippen LogP contribution in [-0.2, 0) is 26.2 Å². The predicted octanol–water partition coefficient (Wildman–Crippen LogP) is 3.71. The highest BCUT2D eigenvalue weighted by atomic mass is 32.2. The SMILES string of the molecule is Cc1ccc(CN(C(=O)CN(c2ccc(C)cc2C)S(C)(=O)=O)[C@H](C)C(=O)NC(C)(C)C)cc1. The topological polar surface area (TPSA) is 86.8 Å². The van der Waals surface area contributed by atoms with Crippen LogP contribution in [0, 0.1) is 20.8 Å². The van der Waals surface area contributed by atoms with Crippen LogP contribution in [0.3, 0.4) is 0 Å².